The third-order valence-electron chi connectivity index (χ3n) is 2.99. The normalized spacial score (nSPS) is 12.6. The minimum absolute atomic E-state index is 0.217. The van der Waals surface area contributed by atoms with Gasteiger partial charge >= 0.3 is 0 Å². The number of nitrogens with one attached hydrogen (secondary N) is 2. The molecule has 1 unspecified atom stereocenters. The van der Waals surface area contributed by atoms with Gasteiger partial charge in [-0.15, -0.1) is 0 Å². The summed E-state index contributed by atoms with van der Waals surface area (Å²) in [6.45, 7) is 2.88. The third-order valence-corrected chi connectivity index (χ3v) is 2.99. The van der Waals surface area contributed by atoms with Crippen LogP contribution in [0.4, 0.5) is 15.8 Å². The summed E-state index contributed by atoms with van der Waals surface area (Å²) in [4.78, 5) is 2.15. The molecule has 0 saturated heterocycles. The van der Waals surface area contributed by atoms with Crippen LogP contribution in [0.15, 0.2) is 18.2 Å². The Balaban J connectivity index is 2.63. The SMILES string of the molecule is CCC(CNc1ccc(NC)cc1F)N(C)C. The quantitative estimate of drug-likeness (QED) is 0.799. The maximum atomic E-state index is 13.7. The van der Waals surface area contributed by atoms with Crippen LogP contribution >= 0.6 is 0 Å². The van der Waals surface area contributed by atoms with Crippen LogP contribution in [0, 0.1) is 5.82 Å². The van der Waals surface area contributed by atoms with Crippen molar-refractivity contribution >= 4 is 11.4 Å². The van der Waals surface area contributed by atoms with Crippen LogP contribution in [0.5, 0.6) is 0 Å². The van der Waals surface area contributed by atoms with Gasteiger partial charge < -0.3 is 15.5 Å². The highest BCUT2D eigenvalue weighted by atomic mass is 19.1. The maximum Gasteiger partial charge on any atom is 0.148 e. The van der Waals surface area contributed by atoms with Crippen molar-refractivity contribution < 1.29 is 4.39 Å². The highest BCUT2D eigenvalue weighted by Gasteiger charge is 2.09. The van der Waals surface area contributed by atoms with Crippen molar-refractivity contribution in [1.29, 1.82) is 0 Å². The summed E-state index contributed by atoms with van der Waals surface area (Å²) in [5.41, 5.74) is 1.34. The zero-order chi connectivity index (χ0) is 12.8. The topological polar surface area (TPSA) is 27.3 Å². The molecular formula is C13H22FN3. The molecule has 17 heavy (non-hydrogen) atoms. The van der Waals surface area contributed by atoms with Gasteiger partial charge in [-0.1, -0.05) is 6.92 Å². The van der Waals surface area contributed by atoms with Crippen molar-refractivity contribution in [3.05, 3.63) is 24.0 Å². The predicted octanol–water partition coefficient (Wildman–Crippen LogP) is 2.62. The van der Waals surface area contributed by atoms with Crippen LogP contribution in [0.25, 0.3) is 0 Å². The van der Waals surface area contributed by atoms with Gasteiger partial charge in [0.2, 0.25) is 0 Å². The molecule has 0 bridgehead atoms. The average molecular weight is 239 g/mol. The average Bonchev–Trinajstić information content (AvgIpc) is 2.31. The molecule has 0 amide bonds. The van der Waals surface area contributed by atoms with Gasteiger partial charge in [-0.3, -0.25) is 0 Å². The number of likely N-dealkylation sites (N-methyl/N-ethyl adjacent to an activating group) is 1. The monoisotopic (exact) mass is 239 g/mol. The first-order valence-electron chi connectivity index (χ1n) is 5.96. The molecule has 4 heteroatoms. The molecule has 0 heterocycles. The summed E-state index contributed by atoms with van der Waals surface area (Å²) in [5, 5.41) is 6.07. The largest absolute Gasteiger partial charge is 0.388 e. The van der Waals surface area contributed by atoms with Crippen molar-refractivity contribution in [2.45, 2.75) is 19.4 Å². The van der Waals surface area contributed by atoms with E-state index in [0.717, 1.165) is 18.7 Å². The molecule has 1 atom stereocenters. The standard InChI is InChI=1S/C13H22FN3/c1-5-11(17(3)4)9-16-13-7-6-10(15-2)8-12(13)14/h6-8,11,15-16H,5,9H2,1-4H3. The van der Waals surface area contributed by atoms with E-state index in [1.165, 1.54) is 6.07 Å². The highest BCUT2D eigenvalue weighted by Crippen LogP contribution is 2.18. The minimum Gasteiger partial charge on any atom is -0.388 e. The van der Waals surface area contributed by atoms with Crippen LogP contribution < -0.4 is 10.6 Å². The summed E-state index contributed by atoms with van der Waals surface area (Å²) >= 11 is 0. The first-order valence-corrected chi connectivity index (χ1v) is 5.96. The molecule has 1 rings (SSSR count). The number of rotatable bonds is 6. The summed E-state index contributed by atoms with van der Waals surface area (Å²) in [6, 6.07) is 5.54. The van der Waals surface area contributed by atoms with E-state index in [0.29, 0.717) is 11.7 Å². The van der Waals surface area contributed by atoms with Gasteiger partial charge in [0.15, 0.2) is 0 Å². The molecule has 3 nitrogen and oxygen atoms in total. The van der Waals surface area contributed by atoms with Gasteiger partial charge in [-0.25, -0.2) is 4.39 Å². The van der Waals surface area contributed by atoms with E-state index in [1.807, 2.05) is 20.2 Å². The van der Waals surface area contributed by atoms with Gasteiger partial charge in [0.1, 0.15) is 5.82 Å². The van der Waals surface area contributed by atoms with Crippen molar-refractivity contribution in [2.24, 2.45) is 0 Å². The fraction of sp³-hybridized carbons (Fsp3) is 0.538. The molecule has 1 aromatic carbocycles. The molecule has 1 aromatic rings. The van der Waals surface area contributed by atoms with Crippen LogP contribution in [-0.4, -0.2) is 38.6 Å². The first-order chi connectivity index (χ1) is 8.08. The number of hydrogen-bond donors (Lipinski definition) is 2. The summed E-state index contributed by atoms with van der Waals surface area (Å²) in [6.07, 6.45) is 1.04. The fourth-order valence-electron chi connectivity index (χ4n) is 1.73. The zero-order valence-electron chi connectivity index (χ0n) is 11.0. The first kappa shape index (κ1) is 13.8. The van der Waals surface area contributed by atoms with E-state index in [2.05, 4.69) is 22.5 Å². The lowest BCUT2D eigenvalue weighted by Crippen LogP contribution is -2.33. The van der Waals surface area contributed by atoms with E-state index in [-0.39, 0.29) is 5.82 Å². The second-order valence-corrected chi connectivity index (χ2v) is 4.35. The lowest BCUT2D eigenvalue weighted by atomic mass is 10.2. The number of nitrogens with zero attached hydrogens (tertiary/aromatic N) is 1. The molecule has 0 radical (unpaired) electrons. The molecule has 0 aliphatic rings. The highest BCUT2D eigenvalue weighted by molar-refractivity contribution is 5.54. The van der Waals surface area contributed by atoms with E-state index in [1.54, 1.807) is 13.1 Å². The summed E-state index contributed by atoms with van der Waals surface area (Å²) in [5.74, 6) is -0.217. The number of halogens is 1. The van der Waals surface area contributed by atoms with E-state index < -0.39 is 0 Å². The molecule has 0 aliphatic heterocycles. The lowest BCUT2D eigenvalue weighted by molar-refractivity contribution is 0.298. The number of anilines is 2. The minimum atomic E-state index is -0.217. The van der Waals surface area contributed by atoms with Crippen LogP contribution in [0.2, 0.25) is 0 Å². The van der Waals surface area contributed by atoms with Crippen LogP contribution in [0.1, 0.15) is 13.3 Å². The third kappa shape index (κ3) is 3.89. The van der Waals surface area contributed by atoms with Gasteiger partial charge in [-0.05, 0) is 38.7 Å². The Bertz CT molecular complexity index is 353. The fourth-order valence-corrected chi connectivity index (χ4v) is 1.73. The Morgan fingerprint density at radius 2 is 2.06 bits per heavy atom. The van der Waals surface area contributed by atoms with Gasteiger partial charge in [-0.2, -0.15) is 0 Å². The number of hydrogen-bond acceptors (Lipinski definition) is 3. The second kappa shape index (κ2) is 6.45. The van der Waals surface area contributed by atoms with Crippen molar-refractivity contribution in [3.63, 3.8) is 0 Å². The Hall–Kier alpha value is -1.29. The van der Waals surface area contributed by atoms with Crippen LogP contribution in [0.3, 0.4) is 0 Å². The second-order valence-electron chi connectivity index (χ2n) is 4.35. The van der Waals surface area contributed by atoms with Gasteiger partial charge in [0, 0.05) is 25.3 Å². The Labute approximate surface area is 103 Å². The Kier molecular flexibility index (Phi) is 5.22. The summed E-state index contributed by atoms with van der Waals surface area (Å²) in [7, 11) is 5.85. The van der Waals surface area contributed by atoms with Crippen molar-refractivity contribution in [2.75, 3.05) is 38.3 Å². The molecule has 96 valence electrons. The molecule has 0 aromatic heterocycles. The Morgan fingerprint density at radius 3 is 2.53 bits per heavy atom. The number of benzene rings is 1. The maximum absolute atomic E-state index is 13.7. The molecule has 2 N–H and O–H groups in total. The van der Waals surface area contributed by atoms with Crippen molar-refractivity contribution in [3.8, 4) is 0 Å². The molecule has 0 saturated carbocycles. The van der Waals surface area contributed by atoms with Gasteiger partial charge in [0.25, 0.3) is 0 Å². The lowest BCUT2D eigenvalue weighted by Gasteiger charge is -2.23. The van der Waals surface area contributed by atoms with E-state index >= 15 is 0 Å². The zero-order valence-corrected chi connectivity index (χ0v) is 11.0. The smallest absolute Gasteiger partial charge is 0.148 e. The van der Waals surface area contributed by atoms with E-state index in [4.69, 9.17) is 0 Å². The molecule has 0 fully saturated rings. The molecule has 0 spiro atoms. The van der Waals surface area contributed by atoms with Crippen molar-refractivity contribution in [1.82, 2.24) is 4.90 Å². The predicted molar refractivity (Wildman–Crippen MR) is 72.2 cm³/mol. The van der Waals surface area contributed by atoms with Crippen LogP contribution in [-0.2, 0) is 0 Å². The van der Waals surface area contributed by atoms with E-state index in [9.17, 15) is 4.39 Å². The van der Waals surface area contributed by atoms with Gasteiger partial charge in [0.05, 0.1) is 5.69 Å². The molecule has 0 aliphatic carbocycles. The molecular weight excluding hydrogens is 217 g/mol. The Morgan fingerprint density at radius 1 is 1.35 bits per heavy atom. The summed E-state index contributed by atoms with van der Waals surface area (Å²) < 4.78 is 13.7.